The fourth-order valence-corrected chi connectivity index (χ4v) is 1.36. The fraction of sp³-hybridized carbons (Fsp3) is 0.400. The van der Waals surface area contributed by atoms with Crippen molar-refractivity contribution < 1.29 is 14.3 Å². The van der Waals surface area contributed by atoms with Gasteiger partial charge in [-0.2, -0.15) is 0 Å². The van der Waals surface area contributed by atoms with Crippen LogP contribution in [0.1, 0.15) is 16.8 Å². The molecule has 1 fully saturated rings. The number of nitrogens with zero attached hydrogens (tertiary/aromatic N) is 1. The molecule has 2 heterocycles. The van der Waals surface area contributed by atoms with Crippen LogP contribution in [0.25, 0.3) is 0 Å². The van der Waals surface area contributed by atoms with Crippen LogP contribution in [0.5, 0.6) is 0 Å². The molecule has 0 N–H and O–H groups in total. The van der Waals surface area contributed by atoms with Crippen molar-refractivity contribution in [3.8, 4) is 0 Å². The van der Waals surface area contributed by atoms with Gasteiger partial charge in [-0.05, 0) is 12.1 Å². The maximum Gasteiger partial charge on any atom is 0.193 e. The second-order valence-corrected chi connectivity index (χ2v) is 3.08. The van der Waals surface area contributed by atoms with E-state index in [9.17, 15) is 4.79 Å². The molecule has 74 valence electrons. The summed E-state index contributed by atoms with van der Waals surface area (Å²) in [4.78, 5) is 15.7. The van der Waals surface area contributed by atoms with Crippen LogP contribution in [0, 0.1) is 0 Å². The topological polar surface area (TPSA) is 48.4 Å². The number of rotatable bonds is 2. The number of hydrogen-bond acceptors (Lipinski definition) is 4. The van der Waals surface area contributed by atoms with Gasteiger partial charge in [0.15, 0.2) is 5.78 Å². The van der Waals surface area contributed by atoms with Gasteiger partial charge < -0.3 is 9.47 Å². The van der Waals surface area contributed by atoms with Gasteiger partial charge in [-0.1, -0.05) is 0 Å². The average molecular weight is 193 g/mol. The van der Waals surface area contributed by atoms with Crippen LogP contribution >= 0.6 is 0 Å². The van der Waals surface area contributed by atoms with Gasteiger partial charge in [0.25, 0.3) is 0 Å². The van der Waals surface area contributed by atoms with Crippen LogP contribution in [-0.2, 0) is 9.47 Å². The van der Waals surface area contributed by atoms with Gasteiger partial charge >= 0.3 is 0 Å². The highest BCUT2D eigenvalue weighted by Crippen LogP contribution is 2.12. The Kier molecular flexibility index (Phi) is 2.86. The van der Waals surface area contributed by atoms with E-state index >= 15 is 0 Å². The van der Waals surface area contributed by atoms with Crippen LogP contribution in [-0.4, -0.2) is 30.3 Å². The summed E-state index contributed by atoms with van der Waals surface area (Å²) < 4.78 is 10.2. The van der Waals surface area contributed by atoms with Gasteiger partial charge in [-0.25, -0.2) is 0 Å². The van der Waals surface area contributed by atoms with E-state index in [1.165, 1.54) is 0 Å². The summed E-state index contributed by atoms with van der Waals surface area (Å²) in [7, 11) is 0. The highest BCUT2D eigenvalue weighted by atomic mass is 16.7. The monoisotopic (exact) mass is 193 g/mol. The SMILES string of the molecule is O=C(c1cccnc1)C1CCOCO1. The number of hydrogen-bond donors (Lipinski definition) is 0. The highest BCUT2D eigenvalue weighted by molar-refractivity contribution is 5.99. The minimum Gasteiger partial charge on any atom is -0.355 e. The van der Waals surface area contributed by atoms with E-state index in [4.69, 9.17) is 9.47 Å². The lowest BCUT2D eigenvalue weighted by Gasteiger charge is -2.21. The Hall–Kier alpha value is -1.26. The maximum atomic E-state index is 11.8. The lowest BCUT2D eigenvalue weighted by atomic mass is 10.1. The number of ketones is 1. The quantitative estimate of drug-likeness (QED) is 0.658. The lowest BCUT2D eigenvalue weighted by Crippen LogP contribution is -2.31. The van der Waals surface area contributed by atoms with E-state index in [0.29, 0.717) is 18.6 Å². The van der Waals surface area contributed by atoms with Gasteiger partial charge in [0.2, 0.25) is 0 Å². The summed E-state index contributed by atoms with van der Waals surface area (Å²) in [6.45, 7) is 0.785. The van der Waals surface area contributed by atoms with Crippen molar-refractivity contribution in [2.24, 2.45) is 0 Å². The van der Waals surface area contributed by atoms with Crippen LogP contribution in [0.4, 0.5) is 0 Å². The number of Topliss-reactive ketones (excluding diaryl/α,β-unsaturated/α-hetero) is 1. The van der Waals surface area contributed by atoms with Crippen LogP contribution in [0.2, 0.25) is 0 Å². The Balaban J connectivity index is 2.07. The van der Waals surface area contributed by atoms with Gasteiger partial charge in [0.05, 0.1) is 6.61 Å². The Morgan fingerprint density at radius 2 is 2.50 bits per heavy atom. The van der Waals surface area contributed by atoms with E-state index in [1.807, 2.05) is 0 Å². The molecule has 4 nitrogen and oxygen atoms in total. The van der Waals surface area contributed by atoms with Gasteiger partial charge in [-0.3, -0.25) is 9.78 Å². The fourth-order valence-electron chi connectivity index (χ4n) is 1.36. The second-order valence-electron chi connectivity index (χ2n) is 3.08. The Bertz CT molecular complexity index is 306. The first-order chi connectivity index (χ1) is 6.88. The van der Waals surface area contributed by atoms with Crippen molar-refractivity contribution in [3.63, 3.8) is 0 Å². The summed E-state index contributed by atoms with van der Waals surface area (Å²) >= 11 is 0. The van der Waals surface area contributed by atoms with E-state index in [-0.39, 0.29) is 18.7 Å². The van der Waals surface area contributed by atoms with E-state index in [2.05, 4.69) is 4.98 Å². The number of ether oxygens (including phenoxy) is 2. The van der Waals surface area contributed by atoms with Gasteiger partial charge in [0, 0.05) is 24.4 Å². The molecule has 1 aromatic rings. The molecule has 0 aliphatic carbocycles. The highest BCUT2D eigenvalue weighted by Gasteiger charge is 2.23. The molecular weight excluding hydrogens is 182 g/mol. The molecule has 2 rings (SSSR count). The maximum absolute atomic E-state index is 11.8. The zero-order chi connectivity index (χ0) is 9.80. The number of aromatic nitrogens is 1. The molecule has 0 bridgehead atoms. The standard InChI is InChI=1S/C10H11NO3/c12-10(8-2-1-4-11-6-8)9-3-5-13-7-14-9/h1-2,4,6,9H,3,5,7H2. The number of carbonyl (C=O) groups is 1. The molecule has 1 unspecified atom stereocenters. The summed E-state index contributed by atoms with van der Waals surface area (Å²) in [6, 6.07) is 3.49. The molecule has 4 heteroatoms. The molecule has 0 amide bonds. The predicted octanol–water partition coefficient (Wildman–Crippen LogP) is 1.03. The third kappa shape index (κ3) is 1.97. The molecule has 1 aromatic heterocycles. The molecule has 0 spiro atoms. The largest absolute Gasteiger partial charge is 0.355 e. The van der Waals surface area contributed by atoms with Crippen LogP contribution in [0.15, 0.2) is 24.5 Å². The minimum absolute atomic E-state index is 0.0126. The summed E-state index contributed by atoms with van der Waals surface area (Å²) in [6.07, 6.45) is 3.45. The molecule has 1 aliphatic heterocycles. The molecule has 0 saturated carbocycles. The van der Waals surface area contributed by atoms with Crippen molar-refractivity contribution in [1.29, 1.82) is 0 Å². The molecule has 0 radical (unpaired) electrons. The molecule has 0 aromatic carbocycles. The summed E-state index contributed by atoms with van der Waals surface area (Å²) in [5.41, 5.74) is 0.597. The van der Waals surface area contributed by atoms with E-state index < -0.39 is 0 Å². The summed E-state index contributed by atoms with van der Waals surface area (Å²) in [5.74, 6) is -0.0126. The Morgan fingerprint density at radius 1 is 1.57 bits per heavy atom. The zero-order valence-corrected chi connectivity index (χ0v) is 7.68. The smallest absolute Gasteiger partial charge is 0.193 e. The number of pyridine rings is 1. The first-order valence-corrected chi connectivity index (χ1v) is 4.51. The molecular formula is C10H11NO3. The van der Waals surface area contributed by atoms with Crippen molar-refractivity contribution in [2.75, 3.05) is 13.4 Å². The zero-order valence-electron chi connectivity index (χ0n) is 7.68. The first kappa shape index (κ1) is 9.30. The summed E-state index contributed by atoms with van der Waals surface area (Å²) in [5, 5.41) is 0. The van der Waals surface area contributed by atoms with Crippen LogP contribution < -0.4 is 0 Å². The molecule has 1 saturated heterocycles. The third-order valence-corrected chi connectivity index (χ3v) is 2.12. The normalized spacial score (nSPS) is 21.9. The predicted molar refractivity (Wildman–Crippen MR) is 48.9 cm³/mol. The molecule has 1 atom stereocenters. The number of carbonyl (C=O) groups excluding carboxylic acids is 1. The lowest BCUT2D eigenvalue weighted by molar-refractivity contribution is -0.124. The van der Waals surface area contributed by atoms with Crippen molar-refractivity contribution in [1.82, 2.24) is 4.98 Å². The second kappa shape index (κ2) is 4.30. The average Bonchev–Trinajstić information content (AvgIpc) is 2.30. The first-order valence-electron chi connectivity index (χ1n) is 4.51. The molecule has 1 aliphatic rings. The third-order valence-electron chi connectivity index (χ3n) is 2.12. The van der Waals surface area contributed by atoms with Crippen molar-refractivity contribution >= 4 is 5.78 Å². The van der Waals surface area contributed by atoms with Gasteiger partial charge in [-0.15, -0.1) is 0 Å². The Labute approximate surface area is 81.9 Å². The molecule has 14 heavy (non-hydrogen) atoms. The van der Waals surface area contributed by atoms with E-state index in [1.54, 1.807) is 24.5 Å². The van der Waals surface area contributed by atoms with Crippen molar-refractivity contribution in [2.45, 2.75) is 12.5 Å². The minimum atomic E-state index is -0.368. The Morgan fingerprint density at radius 3 is 3.14 bits per heavy atom. The van der Waals surface area contributed by atoms with E-state index in [0.717, 1.165) is 0 Å². The van der Waals surface area contributed by atoms with Gasteiger partial charge in [0.1, 0.15) is 12.9 Å². The van der Waals surface area contributed by atoms with Crippen LogP contribution in [0.3, 0.4) is 0 Å². The van der Waals surface area contributed by atoms with Crippen molar-refractivity contribution in [3.05, 3.63) is 30.1 Å².